The molecule has 0 unspecified atom stereocenters. The summed E-state index contributed by atoms with van der Waals surface area (Å²) in [5, 5.41) is 6.03. The minimum absolute atomic E-state index is 0.0801. The van der Waals surface area contributed by atoms with Gasteiger partial charge in [0.05, 0.1) is 6.67 Å². The maximum absolute atomic E-state index is 13.0. The van der Waals surface area contributed by atoms with Gasteiger partial charge in [0.25, 0.3) is 5.91 Å². The van der Waals surface area contributed by atoms with Crippen molar-refractivity contribution in [2.75, 3.05) is 6.67 Å². The molecule has 0 atom stereocenters. The molecule has 4 nitrogen and oxygen atoms in total. The second-order valence-corrected chi connectivity index (χ2v) is 7.90. The minimum Gasteiger partial charge on any atom is -0.371 e. The Kier molecular flexibility index (Phi) is 5.79. The molecule has 2 aliphatic rings. The molecule has 0 spiro atoms. The van der Waals surface area contributed by atoms with E-state index < -0.39 is 11.9 Å². The van der Waals surface area contributed by atoms with Crippen LogP contribution in [0.2, 0.25) is 0 Å². The number of pyridine rings is 1. The fraction of sp³-hybridized carbons (Fsp3) is 0.391. The van der Waals surface area contributed by atoms with Gasteiger partial charge in [0.15, 0.2) is 0 Å². The zero-order chi connectivity index (χ0) is 21.1. The van der Waals surface area contributed by atoms with Crippen LogP contribution in [0.25, 0.3) is 0 Å². The minimum atomic E-state index is -4.50. The average molecular weight is 415 g/mol. The molecule has 2 heterocycles. The molecular formula is C23H24F3N3O. The van der Waals surface area contributed by atoms with E-state index in [0.717, 1.165) is 37.4 Å². The van der Waals surface area contributed by atoms with Gasteiger partial charge in [-0.15, -0.1) is 0 Å². The van der Waals surface area contributed by atoms with Gasteiger partial charge in [0.2, 0.25) is 0 Å². The molecule has 1 amide bonds. The molecule has 1 aliphatic heterocycles. The molecule has 0 saturated heterocycles. The third-order valence-electron chi connectivity index (χ3n) is 5.99. The average Bonchev–Trinajstić information content (AvgIpc) is 2.76. The van der Waals surface area contributed by atoms with Crippen LogP contribution in [0, 0.1) is 5.92 Å². The van der Waals surface area contributed by atoms with E-state index in [-0.39, 0.29) is 23.9 Å². The van der Waals surface area contributed by atoms with Crippen molar-refractivity contribution in [2.24, 2.45) is 5.92 Å². The van der Waals surface area contributed by atoms with Crippen molar-refractivity contribution in [3.05, 3.63) is 76.8 Å². The molecule has 4 rings (SSSR count). The van der Waals surface area contributed by atoms with Gasteiger partial charge in [-0.3, -0.25) is 4.79 Å². The number of allylic oxidation sites excluding steroid dienone is 1. The molecule has 0 radical (unpaired) electrons. The molecule has 2 N–H and O–H groups in total. The Hall–Kier alpha value is -2.83. The topological polar surface area (TPSA) is 54.0 Å². The second kappa shape index (κ2) is 8.50. The molecule has 158 valence electrons. The van der Waals surface area contributed by atoms with Crippen LogP contribution in [0.4, 0.5) is 13.2 Å². The highest BCUT2D eigenvalue weighted by atomic mass is 19.4. The van der Waals surface area contributed by atoms with Crippen LogP contribution >= 0.6 is 0 Å². The number of aromatic nitrogens is 1. The van der Waals surface area contributed by atoms with Crippen LogP contribution in [0.15, 0.2) is 59.8 Å². The molecule has 0 bridgehead atoms. The lowest BCUT2D eigenvalue weighted by molar-refractivity contribution is -0.141. The first kappa shape index (κ1) is 20.4. The van der Waals surface area contributed by atoms with Crippen molar-refractivity contribution in [3.63, 3.8) is 0 Å². The van der Waals surface area contributed by atoms with Gasteiger partial charge in [-0.25, -0.2) is 4.98 Å². The summed E-state index contributed by atoms with van der Waals surface area (Å²) in [7, 11) is 0. The number of hydrogen-bond donors (Lipinski definition) is 2. The second-order valence-electron chi connectivity index (χ2n) is 7.90. The standard InChI is InChI=1S/C23H24F3N3O/c24-23(25,26)20-8-4-7-18(29-20)13-19-21(27-14-28-22(19)30)17-11-9-16(10-12-17)15-5-2-1-3-6-15/h1-8,16-17,27H,9-14H2,(H,28,30)/t16-,17-. The zero-order valence-corrected chi connectivity index (χ0v) is 16.5. The highest BCUT2D eigenvalue weighted by molar-refractivity contribution is 5.95. The van der Waals surface area contributed by atoms with Crippen molar-refractivity contribution in [1.29, 1.82) is 0 Å². The summed E-state index contributed by atoms with van der Waals surface area (Å²) >= 11 is 0. The van der Waals surface area contributed by atoms with E-state index in [2.05, 4.69) is 39.9 Å². The van der Waals surface area contributed by atoms with Gasteiger partial charge < -0.3 is 10.6 Å². The Morgan fingerprint density at radius 3 is 2.30 bits per heavy atom. The highest BCUT2D eigenvalue weighted by Gasteiger charge is 2.33. The van der Waals surface area contributed by atoms with Crippen LogP contribution in [-0.4, -0.2) is 17.6 Å². The van der Waals surface area contributed by atoms with E-state index in [1.54, 1.807) is 0 Å². The lowest BCUT2D eigenvalue weighted by Gasteiger charge is -2.34. The molecule has 7 heteroatoms. The smallest absolute Gasteiger partial charge is 0.371 e. The quantitative estimate of drug-likeness (QED) is 0.771. The molecule has 1 aromatic carbocycles. The van der Waals surface area contributed by atoms with Gasteiger partial charge in [-0.2, -0.15) is 13.2 Å². The Labute approximate surface area is 173 Å². The van der Waals surface area contributed by atoms with E-state index in [1.165, 1.54) is 17.7 Å². The van der Waals surface area contributed by atoms with Gasteiger partial charge in [-0.05, 0) is 55.2 Å². The maximum atomic E-state index is 13.0. The lowest BCUT2D eigenvalue weighted by atomic mass is 9.76. The molecule has 30 heavy (non-hydrogen) atoms. The summed E-state index contributed by atoms with van der Waals surface area (Å²) in [6, 6.07) is 14.2. The number of carbonyl (C=O) groups excluding carboxylic acids is 1. The number of nitrogens with zero attached hydrogens (tertiary/aromatic N) is 1. The van der Waals surface area contributed by atoms with Gasteiger partial charge >= 0.3 is 6.18 Å². The van der Waals surface area contributed by atoms with E-state index in [4.69, 9.17) is 0 Å². The van der Waals surface area contributed by atoms with Crippen molar-refractivity contribution < 1.29 is 18.0 Å². The first-order valence-electron chi connectivity index (χ1n) is 10.2. The van der Waals surface area contributed by atoms with Gasteiger partial charge in [-0.1, -0.05) is 36.4 Å². The van der Waals surface area contributed by atoms with Crippen LogP contribution in [0.3, 0.4) is 0 Å². The molecular weight excluding hydrogens is 391 g/mol. The van der Waals surface area contributed by atoms with E-state index in [0.29, 0.717) is 18.2 Å². The van der Waals surface area contributed by atoms with Crippen molar-refractivity contribution in [3.8, 4) is 0 Å². The monoisotopic (exact) mass is 415 g/mol. The van der Waals surface area contributed by atoms with E-state index >= 15 is 0 Å². The van der Waals surface area contributed by atoms with Crippen LogP contribution in [0.5, 0.6) is 0 Å². The first-order valence-corrected chi connectivity index (χ1v) is 10.2. The maximum Gasteiger partial charge on any atom is 0.433 e. The Bertz CT molecular complexity index is 932. The third-order valence-corrected chi connectivity index (χ3v) is 5.99. The molecule has 1 fully saturated rings. The number of halogens is 3. The number of benzene rings is 1. The third kappa shape index (κ3) is 4.50. The fourth-order valence-electron chi connectivity index (χ4n) is 4.48. The normalized spacial score (nSPS) is 22.4. The number of amides is 1. The first-order chi connectivity index (χ1) is 14.4. The number of rotatable bonds is 4. The predicted octanol–water partition coefficient (Wildman–Crippen LogP) is 4.55. The van der Waals surface area contributed by atoms with Crippen molar-refractivity contribution in [1.82, 2.24) is 15.6 Å². The number of hydrogen-bond acceptors (Lipinski definition) is 3. The summed E-state index contributed by atoms with van der Waals surface area (Å²) in [6.07, 6.45) is -0.497. The van der Waals surface area contributed by atoms with Crippen LogP contribution in [0.1, 0.15) is 48.6 Å². The number of carbonyl (C=O) groups is 1. The molecule has 1 saturated carbocycles. The molecule has 2 aromatic rings. The van der Waals surface area contributed by atoms with Gasteiger partial charge in [0, 0.05) is 23.4 Å². The summed E-state index contributed by atoms with van der Waals surface area (Å²) in [6.45, 7) is 0.340. The number of nitrogens with one attached hydrogen (secondary N) is 2. The molecule has 1 aliphatic carbocycles. The van der Waals surface area contributed by atoms with Crippen LogP contribution in [-0.2, 0) is 17.4 Å². The van der Waals surface area contributed by atoms with Gasteiger partial charge in [0.1, 0.15) is 5.69 Å². The Morgan fingerprint density at radius 2 is 1.60 bits per heavy atom. The largest absolute Gasteiger partial charge is 0.433 e. The highest BCUT2D eigenvalue weighted by Crippen LogP contribution is 2.39. The fourth-order valence-corrected chi connectivity index (χ4v) is 4.48. The summed E-state index contributed by atoms with van der Waals surface area (Å²) in [4.78, 5) is 16.3. The van der Waals surface area contributed by atoms with Crippen molar-refractivity contribution in [2.45, 2.75) is 44.2 Å². The van der Waals surface area contributed by atoms with E-state index in [9.17, 15) is 18.0 Å². The Balaban J connectivity index is 1.53. The number of alkyl halides is 3. The molecule has 1 aromatic heterocycles. The predicted molar refractivity (Wildman–Crippen MR) is 107 cm³/mol. The summed E-state index contributed by atoms with van der Waals surface area (Å²) in [5.74, 6) is 0.485. The SMILES string of the molecule is O=C1NCNC([C@H]2CC[C@H](c3ccccc3)CC2)=C1Cc1cccc(C(F)(F)F)n1. The lowest BCUT2D eigenvalue weighted by Crippen LogP contribution is -2.44. The zero-order valence-electron chi connectivity index (χ0n) is 16.5. The van der Waals surface area contributed by atoms with Crippen molar-refractivity contribution >= 4 is 5.91 Å². The van der Waals surface area contributed by atoms with E-state index in [1.807, 2.05) is 6.07 Å². The van der Waals surface area contributed by atoms with Crippen LogP contribution < -0.4 is 10.6 Å². The summed E-state index contributed by atoms with van der Waals surface area (Å²) < 4.78 is 39.0. The summed E-state index contributed by atoms with van der Waals surface area (Å²) in [5.41, 5.74) is 2.01. The Morgan fingerprint density at radius 1 is 0.900 bits per heavy atom.